The number of hydrogen-bond donors (Lipinski definition) is 2. The predicted octanol–water partition coefficient (Wildman–Crippen LogP) is 6.27. The Morgan fingerprint density at radius 3 is 1.83 bits per heavy atom. The maximum Gasteiger partial charge on any atom is 0.407 e. The van der Waals surface area contributed by atoms with Crippen molar-refractivity contribution in [3.05, 3.63) is 105 Å². The summed E-state index contributed by atoms with van der Waals surface area (Å²) in [6.07, 6.45) is -1.73. The fraction of sp³-hybridized carbons (Fsp3) is 0.333. The minimum Gasteiger partial charge on any atom is -0.497 e. The average Bonchev–Trinajstić information content (AvgIpc) is 3.64. The number of ether oxygens (including phenoxy) is 4. The first-order valence-electron chi connectivity index (χ1n) is 17.9. The third-order valence-electron chi connectivity index (χ3n) is 8.63. The summed E-state index contributed by atoms with van der Waals surface area (Å²) in [5, 5.41) is 15.2. The number of sulfonamides is 1. The minimum absolute atomic E-state index is 0.0898. The first kappa shape index (κ1) is 44.3. The van der Waals surface area contributed by atoms with E-state index >= 15 is 8.42 Å². The number of methoxy groups -OCH3 is 3. The first-order chi connectivity index (χ1) is 27.5. The van der Waals surface area contributed by atoms with Gasteiger partial charge in [0.1, 0.15) is 28.2 Å². The Morgan fingerprint density at radius 2 is 1.36 bits per heavy atom. The maximum absolute atomic E-state index is 15.6. The molecule has 0 saturated heterocycles. The molecule has 0 fully saturated rings. The summed E-state index contributed by atoms with van der Waals surface area (Å²) in [4.78, 5) is 12.4. The van der Waals surface area contributed by atoms with E-state index in [1.54, 1.807) is 102 Å². The van der Waals surface area contributed by atoms with Gasteiger partial charge in [0.25, 0.3) is 11.3 Å². The zero-order valence-corrected chi connectivity index (χ0v) is 36.9. The summed E-state index contributed by atoms with van der Waals surface area (Å²) < 4.78 is 81.2. The number of tetrazole rings is 1. The van der Waals surface area contributed by atoms with Gasteiger partial charge in [-0.3, -0.25) is 8.86 Å². The van der Waals surface area contributed by atoms with Crippen LogP contribution in [0.5, 0.6) is 17.2 Å². The standard InChI is InChI=1S/C39H46IN7O9S2/c1-26(56-38(48)41-39(2,3)4)22-47(57(49)50)34-21-20-33(40)35(37-42-43-44-46(37)25-29-12-18-32(55-7)19-13-29)36(34)58(51,52)45(23-27-8-14-30(53-5)15-9-27)24-28-10-16-31(54-6)17-11-28/h8-21,26H,22-25H2,1-7H3,(H,41,48)(H,49,50)/t26-/m1/s1. The highest BCUT2D eigenvalue weighted by molar-refractivity contribution is 14.1. The van der Waals surface area contributed by atoms with Gasteiger partial charge in [0.2, 0.25) is 10.0 Å². The molecule has 2 N–H and O–H groups in total. The van der Waals surface area contributed by atoms with Gasteiger partial charge in [0.15, 0.2) is 5.82 Å². The highest BCUT2D eigenvalue weighted by atomic mass is 127. The van der Waals surface area contributed by atoms with E-state index < -0.39 is 39.0 Å². The molecule has 0 saturated carbocycles. The lowest BCUT2D eigenvalue weighted by molar-refractivity contribution is 0.104. The van der Waals surface area contributed by atoms with Crippen molar-refractivity contribution in [1.82, 2.24) is 29.8 Å². The van der Waals surface area contributed by atoms with Crippen molar-refractivity contribution >= 4 is 55.7 Å². The fourth-order valence-corrected chi connectivity index (χ4v) is 9.25. The number of nitrogens with one attached hydrogen (secondary N) is 1. The molecule has 0 aliphatic carbocycles. The van der Waals surface area contributed by atoms with Crippen molar-refractivity contribution in [3.63, 3.8) is 0 Å². The lowest BCUT2D eigenvalue weighted by atomic mass is 10.1. The number of alkyl carbamates (subject to hydrolysis) is 1. The van der Waals surface area contributed by atoms with Gasteiger partial charge in [0.05, 0.1) is 45.7 Å². The second-order valence-corrected chi connectivity index (χ2v) is 18.1. The van der Waals surface area contributed by atoms with Gasteiger partial charge in [-0.25, -0.2) is 22.1 Å². The van der Waals surface area contributed by atoms with Crippen LogP contribution in [0.2, 0.25) is 0 Å². The second kappa shape index (κ2) is 19.3. The molecule has 58 heavy (non-hydrogen) atoms. The number of halogens is 1. The topological polar surface area (TPSA) is 188 Å². The summed E-state index contributed by atoms with van der Waals surface area (Å²) in [6.45, 7) is 6.47. The molecule has 1 unspecified atom stereocenters. The predicted molar refractivity (Wildman–Crippen MR) is 227 cm³/mol. The molecule has 5 aromatic rings. The average molecular weight is 948 g/mol. The number of amides is 1. The smallest absolute Gasteiger partial charge is 0.407 e. The van der Waals surface area contributed by atoms with Gasteiger partial charge in [-0.15, -0.1) is 5.10 Å². The van der Waals surface area contributed by atoms with Gasteiger partial charge in [0, 0.05) is 22.2 Å². The van der Waals surface area contributed by atoms with Crippen LogP contribution in [0.4, 0.5) is 10.5 Å². The Hall–Kier alpha value is -4.83. The monoisotopic (exact) mass is 947 g/mol. The molecule has 0 spiro atoms. The molecular weight excluding hydrogens is 902 g/mol. The molecule has 5 rings (SSSR count). The van der Waals surface area contributed by atoms with E-state index in [4.69, 9.17) is 18.9 Å². The summed E-state index contributed by atoms with van der Waals surface area (Å²) >= 11 is -0.803. The molecule has 0 aliphatic rings. The third kappa shape index (κ3) is 11.2. The molecule has 1 aromatic heterocycles. The highest BCUT2D eigenvalue weighted by Gasteiger charge is 2.37. The lowest BCUT2D eigenvalue weighted by Gasteiger charge is -2.30. The Balaban J connectivity index is 1.71. The van der Waals surface area contributed by atoms with E-state index in [1.807, 2.05) is 34.7 Å². The van der Waals surface area contributed by atoms with E-state index in [1.165, 1.54) is 29.3 Å². The Kier molecular flexibility index (Phi) is 14.7. The van der Waals surface area contributed by atoms with Crippen LogP contribution in [0, 0.1) is 3.57 Å². The number of aromatic nitrogens is 4. The van der Waals surface area contributed by atoms with Crippen molar-refractivity contribution in [1.29, 1.82) is 0 Å². The normalized spacial score (nSPS) is 12.8. The van der Waals surface area contributed by atoms with E-state index in [0.29, 0.717) is 31.9 Å². The lowest BCUT2D eigenvalue weighted by Crippen LogP contribution is -2.44. The van der Waals surface area contributed by atoms with Gasteiger partial charge in [-0.2, -0.15) is 4.31 Å². The number of carbonyl (C=O) groups excluding carboxylic acids is 1. The van der Waals surface area contributed by atoms with Crippen molar-refractivity contribution < 1.29 is 40.9 Å². The number of carbonyl (C=O) groups is 1. The van der Waals surface area contributed by atoms with E-state index in [2.05, 4.69) is 20.8 Å². The zero-order chi connectivity index (χ0) is 42.2. The molecule has 1 amide bonds. The van der Waals surface area contributed by atoms with Crippen molar-refractivity contribution in [3.8, 4) is 28.6 Å². The second-order valence-electron chi connectivity index (χ2n) is 14.1. The van der Waals surface area contributed by atoms with Gasteiger partial charge in [-0.05, 0) is 126 Å². The first-order valence-corrected chi connectivity index (χ1v) is 21.5. The molecule has 19 heteroatoms. The molecule has 2 atom stereocenters. The van der Waals surface area contributed by atoms with Crippen LogP contribution >= 0.6 is 22.6 Å². The van der Waals surface area contributed by atoms with Gasteiger partial charge < -0.3 is 24.3 Å². The van der Waals surface area contributed by atoms with Crippen LogP contribution < -0.4 is 23.8 Å². The van der Waals surface area contributed by atoms with Crippen LogP contribution in [-0.2, 0) is 45.7 Å². The molecule has 310 valence electrons. The van der Waals surface area contributed by atoms with E-state index in [9.17, 15) is 13.6 Å². The number of benzene rings is 4. The van der Waals surface area contributed by atoms with Crippen molar-refractivity contribution in [2.75, 3.05) is 32.2 Å². The van der Waals surface area contributed by atoms with Crippen molar-refractivity contribution in [2.45, 2.75) is 63.9 Å². The number of hydrogen-bond acceptors (Lipinski definition) is 11. The Morgan fingerprint density at radius 1 is 0.862 bits per heavy atom. The van der Waals surface area contributed by atoms with Crippen LogP contribution in [0.25, 0.3) is 11.4 Å². The fourth-order valence-electron chi connectivity index (χ4n) is 5.87. The Labute approximate surface area is 354 Å². The molecule has 0 radical (unpaired) electrons. The highest BCUT2D eigenvalue weighted by Crippen LogP contribution is 2.41. The van der Waals surface area contributed by atoms with Crippen LogP contribution in [0.3, 0.4) is 0 Å². The largest absolute Gasteiger partial charge is 0.497 e. The number of nitrogens with zero attached hydrogens (tertiary/aromatic N) is 6. The van der Waals surface area contributed by atoms with Gasteiger partial charge >= 0.3 is 6.09 Å². The van der Waals surface area contributed by atoms with E-state index in [-0.39, 0.29) is 48.1 Å². The molecular formula is C39H46IN7O9S2. The third-order valence-corrected chi connectivity index (χ3v) is 12.1. The molecule has 0 aliphatic heterocycles. The van der Waals surface area contributed by atoms with E-state index in [0.717, 1.165) is 9.87 Å². The van der Waals surface area contributed by atoms with Crippen LogP contribution in [0.15, 0.2) is 89.8 Å². The molecule has 16 nitrogen and oxygen atoms in total. The van der Waals surface area contributed by atoms with Crippen LogP contribution in [-0.4, -0.2) is 87.3 Å². The number of anilines is 1. The Bertz CT molecular complexity index is 2250. The van der Waals surface area contributed by atoms with Crippen molar-refractivity contribution in [2.24, 2.45) is 0 Å². The van der Waals surface area contributed by atoms with Crippen LogP contribution in [0.1, 0.15) is 44.4 Å². The SMILES string of the molecule is COc1ccc(CN(Cc2ccc(OC)cc2)S(=O)(=O)c2c(N(C[C@@H](C)OC(=O)NC(C)(C)C)S(=O)O)ccc(I)c2-c2nnnn2Cc2ccc(OC)cc2)cc1. The molecule has 1 heterocycles. The molecule has 0 bridgehead atoms. The zero-order valence-electron chi connectivity index (χ0n) is 33.1. The number of rotatable bonds is 17. The summed E-state index contributed by atoms with van der Waals surface area (Å²) in [5.41, 5.74) is 1.42. The summed E-state index contributed by atoms with van der Waals surface area (Å²) in [6, 6.07) is 24.3. The summed E-state index contributed by atoms with van der Waals surface area (Å²) in [5.74, 6) is 1.92. The summed E-state index contributed by atoms with van der Waals surface area (Å²) in [7, 11) is -0.0233. The quantitative estimate of drug-likeness (QED) is 0.0788. The van der Waals surface area contributed by atoms with Gasteiger partial charge in [-0.1, -0.05) is 36.4 Å². The molecule has 4 aromatic carbocycles. The minimum atomic E-state index is -4.67. The maximum atomic E-state index is 15.6.